The molecule has 1 atom stereocenters. The Hall–Kier alpha value is -2.50. The average molecular weight is 358 g/mol. The van der Waals surface area contributed by atoms with Gasteiger partial charge in [-0.15, -0.1) is 0 Å². The molecule has 2 aromatic rings. The van der Waals surface area contributed by atoms with Crippen LogP contribution in [-0.4, -0.2) is 23.8 Å². The number of nitrogens with one attached hydrogen (secondary N) is 1. The second-order valence-electron chi connectivity index (χ2n) is 6.83. The fraction of sp³-hybridized carbons (Fsp3) is 0.500. The van der Waals surface area contributed by atoms with E-state index >= 15 is 0 Å². The van der Waals surface area contributed by atoms with Crippen molar-refractivity contribution in [2.45, 2.75) is 52.2 Å². The van der Waals surface area contributed by atoms with Crippen molar-refractivity contribution in [3.8, 4) is 11.5 Å². The molecule has 3 rings (SSSR count). The maximum atomic E-state index is 11.1. The number of benzene rings is 1. The van der Waals surface area contributed by atoms with Crippen molar-refractivity contribution in [3.63, 3.8) is 0 Å². The van der Waals surface area contributed by atoms with Crippen molar-refractivity contribution in [2.75, 3.05) is 6.61 Å². The van der Waals surface area contributed by atoms with E-state index in [1.54, 1.807) is 0 Å². The molecule has 6 heteroatoms. The molecular weight excluding hydrogens is 332 g/mol. The summed E-state index contributed by atoms with van der Waals surface area (Å²) in [5.74, 6) is 2.91. The van der Waals surface area contributed by atoms with E-state index < -0.39 is 0 Å². The predicted octanol–water partition coefficient (Wildman–Crippen LogP) is 3.67. The van der Waals surface area contributed by atoms with Crippen LogP contribution in [-0.2, 0) is 11.2 Å². The highest BCUT2D eigenvalue weighted by Crippen LogP contribution is 2.34. The zero-order chi connectivity index (χ0) is 18.5. The molecule has 1 fully saturated rings. The molecule has 0 spiro atoms. The Labute approximate surface area is 153 Å². The van der Waals surface area contributed by atoms with E-state index in [4.69, 9.17) is 14.0 Å². The van der Waals surface area contributed by atoms with Crippen molar-refractivity contribution >= 4 is 5.91 Å². The number of amides is 1. The molecule has 1 heterocycles. The largest absolute Gasteiger partial charge is 0.494 e. The maximum absolute atomic E-state index is 11.1. The van der Waals surface area contributed by atoms with E-state index in [9.17, 15) is 4.79 Å². The summed E-state index contributed by atoms with van der Waals surface area (Å²) in [6.07, 6.45) is 3.15. The fourth-order valence-electron chi connectivity index (χ4n) is 3.21. The summed E-state index contributed by atoms with van der Waals surface area (Å²) in [6, 6.07) is 9.54. The lowest BCUT2D eigenvalue weighted by molar-refractivity contribution is -0.119. The minimum absolute atomic E-state index is 0.0799. The molecule has 0 radical (unpaired) electrons. The normalized spacial score (nSPS) is 20.1. The molecular formula is C20H26N2O4. The van der Waals surface area contributed by atoms with Crippen LogP contribution >= 0.6 is 0 Å². The zero-order valence-corrected chi connectivity index (χ0v) is 15.5. The first-order chi connectivity index (χ1) is 12.5. The lowest BCUT2D eigenvalue weighted by Crippen LogP contribution is -2.34. The lowest BCUT2D eigenvalue weighted by Gasteiger charge is -2.35. The van der Waals surface area contributed by atoms with E-state index in [1.807, 2.05) is 44.2 Å². The summed E-state index contributed by atoms with van der Waals surface area (Å²) >= 11 is 0. The Morgan fingerprint density at radius 3 is 2.65 bits per heavy atom. The molecule has 0 bridgehead atoms. The van der Waals surface area contributed by atoms with Gasteiger partial charge in [-0.2, -0.15) is 0 Å². The molecule has 1 aromatic heterocycles. The minimum Gasteiger partial charge on any atom is -0.494 e. The van der Waals surface area contributed by atoms with Gasteiger partial charge in [-0.3, -0.25) is 4.79 Å². The molecule has 26 heavy (non-hydrogen) atoms. The summed E-state index contributed by atoms with van der Waals surface area (Å²) < 4.78 is 16.8. The maximum Gasteiger partial charge on any atom is 0.217 e. The van der Waals surface area contributed by atoms with Gasteiger partial charge >= 0.3 is 0 Å². The first kappa shape index (κ1) is 18.3. The highest BCUT2D eigenvalue weighted by Gasteiger charge is 2.31. The third-order valence-corrected chi connectivity index (χ3v) is 4.55. The van der Waals surface area contributed by atoms with Crippen molar-refractivity contribution in [3.05, 3.63) is 41.8 Å². The van der Waals surface area contributed by atoms with E-state index in [2.05, 4.69) is 10.5 Å². The third-order valence-electron chi connectivity index (χ3n) is 4.55. The highest BCUT2D eigenvalue weighted by molar-refractivity contribution is 5.73. The highest BCUT2D eigenvalue weighted by atomic mass is 16.5. The lowest BCUT2D eigenvalue weighted by atomic mass is 9.79. The second-order valence-corrected chi connectivity index (χ2v) is 6.83. The first-order valence-electron chi connectivity index (χ1n) is 9.15. The molecule has 0 unspecified atom stereocenters. The van der Waals surface area contributed by atoms with E-state index in [0.29, 0.717) is 18.3 Å². The summed E-state index contributed by atoms with van der Waals surface area (Å²) in [4.78, 5) is 11.1. The van der Waals surface area contributed by atoms with Gasteiger partial charge in [0.05, 0.1) is 24.4 Å². The van der Waals surface area contributed by atoms with Crippen LogP contribution in [0, 0.1) is 5.92 Å². The van der Waals surface area contributed by atoms with Crippen molar-refractivity contribution in [1.29, 1.82) is 0 Å². The van der Waals surface area contributed by atoms with Crippen LogP contribution < -0.4 is 14.8 Å². The van der Waals surface area contributed by atoms with Gasteiger partial charge in [-0.1, -0.05) is 5.16 Å². The molecule has 0 saturated heterocycles. The number of hydrogen-bond donors (Lipinski definition) is 1. The number of carbonyl (C=O) groups excluding carboxylic acids is 1. The number of rotatable bonds is 8. The molecule has 1 saturated carbocycles. The molecule has 1 N–H and O–H groups in total. The van der Waals surface area contributed by atoms with Crippen LogP contribution in [0.4, 0.5) is 0 Å². The Balaban J connectivity index is 1.42. The predicted molar refractivity (Wildman–Crippen MR) is 97.2 cm³/mol. The quantitative estimate of drug-likeness (QED) is 0.779. The summed E-state index contributed by atoms with van der Waals surface area (Å²) in [5, 5.41) is 6.92. The SMILES string of the molecule is CCOc1ccc(OC2CC(Cc3cc([C@H](C)NC(C)=O)on3)C2)cc1. The summed E-state index contributed by atoms with van der Waals surface area (Å²) in [7, 11) is 0. The van der Waals surface area contributed by atoms with Crippen LogP contribution in [0.2, 0.25) is 0 Å². The van der Waals surface area contributed by atoms with Gasteiger partial charge in [0.15, 0.2) is 5.76 Å². The van der Waals surface area contributed by atoms with Gasteiger partial charge in [0.25, 0.3) is 0 Å². The summed E-state index contributed by atoms with van der Waals surface area (Å²) in [5.41, 5.74) is 0.932. The van der Waals surface area contributed by atoms with Gasteiger partial charge in [-0.25, -0.2) is 0 Å². The van der Waals surface area contributed by atoms with Crippen LogP contribution in [0.25, 0.3) is 0 Å². The standard InChI is InChI=1S/C20H26N2O4/c1-4-24-17-5-7-18(8-6-17)25-19-10-15(11-19)9-16-12-20(26-22-16)13(2)21-14(3)23/h5-8,12-13,15,19H,4,9-11H2,1-3H3,(H,21,23)/t13-,15?,19?/m0/s1. The Morgan fingerprint density at radius 2 is 2.00 bits per heavy atom. The number of hydrogen-bond acceptors (Lipinski definition) is 5. The second kappa shape index (κ2) is 8.25. The van der Waals surface area contributed by atoms with Crippen LogP contribution in [0.1, 0.15) is 51.1 Å². The first-order valence-corrected chi connectivity index (χ1v) is 9.15. The van der Waals surface area contributed by atoms with Crippen LogP contribution in [0.5, 0.6) is 11.5 Å². The van der Waals surface area contributed by atoms with Gasteiger partial charge < -0.3 is 19.3 Å². The van der Waals surface area contributed by atoms with Crippen molar-refractivity contribution in [2.24, 2.45) is 5.92 Å². The van der Waals surface area contributed by atoms with E-state index in [1.165, 1.54) is 6.92 Å². The topological polar surface area (TPSA) is 73.6 Å². The molecule has 6 nitrogen and oxygen atoms in total. The van der Waals surface area contributed by atoms with E-state index in [0.717, 1.165) is 36.5 Å². The monoisotopic (exact) mass is 358 g/mol. The van der Waals surface area contributed by atoms with Crippen molar-refractivity contribution in [1.82, 2.24) is 10.5 Å². The molecule has 1 amide bonds. The number of carbonyl (C=O) groups is 1. The van der Waals surface area contributed by atoms with Gasteiger partial charge in [0.1, 0.15) is 11.5 Å². The number of aromatic nitrogens is 1. The van der Waals surface area contributed by atoms with Crippen LogP contribution in [0.15, 0.2) is 34.9 Å². The Morgan fingerprint density at radius 1 is 1.31 bits per heavy atom. The average Bonchev–Trinajstić information content (AvgIpc) is 3.03. The van der Waals surface area contributed by atoms with Gasteiger partial charge in [0.2, 0.25) is 5.91 Å². The smallest absolute Gasteiger partial charge is 0.217 e. The minimum atomic E-state index is -0.161. The zero-order valence-electron chi connectivity index (χ0n) is 15.5. The van der Waals surface area contributed by atoms with Gasteiger partial charge in [0, 0.05) is 13.0 Å². The Bertz CT molecular complexity index is 720. The number of nitrogens with zero attached hydrogens (tertiary/aromatic N) is 1. The molecule has 1 aliphatic carbocycles. The van der Waals surface area contributed by atoms with Gasteiger partial charge in [-0.05, 0) is 63.3 Å². The number of ether oxygens (including phenoxy) is 2. The molecule has 1 aliphatic rings. The van der Waals surface area contributed by atoms with E-state index in [-0.39, 0.29) is 18.1 Å². The van der Waals surface area contributed by atoms with Crippen molar-refractivity contribution < 1.29 is 18.8 Å². The fourth-order valence-corrected chi connectivity index (χ4v) is 3.21. The van der Waals surface area contributed by atoms with Crippen LogP contribution in [0.3, 0.4) is 0 Å². The third kappa shape index (κ3) is 4.77. The Kier molecular flexibility index (Phi) is 5.81. The molecule has 140 valence electrons. The molecule has 0 aliphatic heterocycles. The summed E-state index contributed by atoms with van der Waals surface area (Å²) in [6.45, 7) is 6.01. The molecule has 1 aromatic carbocycles.